The molecule has 1 aromatic rings. The summed E-state index contributed by atoms with van der Waals surface area (Å²) in [7, 11) is 4.62. The molecule has 40 heavy (non-hydrogen) atoms. The van der Waals surface area contributed by atoms with Crippen molar-refractivity contribution in [2.24, 2.45) is 0 Å². The first-order chi connectivity index (χ1) is 18.6. The summed E-state index contributed by atoms with van der Waals surface area (Å²) in [5, 5.41) is 17.3. The van der Waals surface area contributed by atoms with Gasteiger partial charge in [0.15, 0.2) is 6.23 Å². The molecule has 14 heteroatoms. The number of alkyl halides is 2. The molecule has 0 saturated heterocycles. The van der Waals surface area contributed by atoms with Crippen LogP contribution in [0.25, 0.3) is 6.08 Å². The topological polar surface area (TPSA) is 118 Å². The number of carbonyl (C=O) groups is 1. The molecule has 2 aliphatic carbocycles. The van der Waals surface area contributed by atoms with Gasteiger partial charge in [0, 0.05) is 56.3 Å². The Labute approximate surface area is 241 Å². The maximum atomic E-state index is 14.3. The molecule has 0 radical (unpaired) electrons. The van der Waals surface area contributed by atoms with Gasteiger partial charge in [-0.15, -0.1) is 0 Å². The standard InChI is InChI=1S/C26H33Cl2F2N5O5/c1-25(2,3)40-24(37)33-15-10-26(29,30)9-14(15)32-23-31-11-12-7-13(22(36)35(4)21(12)34-23)18-19(27)16(38-5)8-17(39-6)20(18)28/h7,11,14-16,22,36H,8-10H2,1-6H3,(H,33,37)(H,31,32,34). The van der Waals surface area contributed by atoms with Gasteiger partial charge in [-0.1, -0.05) is 23.2 Å². The molecule has 1 aliphatic heterocycles. The van der Waals surface area contributed by atoms with Crippen LogP contribution >= 0.6 is 23.2 Å². The molecule has 4 rings (SSSR count). The Hall–Kier alpha value is -2.67. The average Bonchev–Trinajstić information content (AvgIpc) is 3.13. The van der Waals surface area contributed by atoms with E-state index < -0.39 is 54.9 Å². The summed E-state index contributed by atoms with van der Waals surface area (Å²) in [4.78, 5) is 22.5. The van der Waals surface area contributed by atoms with E-state index in [-0.39, 0.29) is 11.0 Å². The predicted molar refractivity (Wildman–Crippen MR) is 147 cm³/mol. The van der Waals surface area contributed by atoms with Gasteiger partial charge in [-0.2, -0.15) is 4.98 Å². The third kappa shape index (κ3) is 6.29. The number of nitrogens with zero attached hydrogens (tertiary/aromatic N) is 3. The van der Waals surface area contributed by atoms with Crippen LogP contribution in [0.15, 0.2) is 33.2 Å². The Bertz CT molecular complexity index is 1270. The van der Waals surface area contributed by atoms with Gasteiger partial charge < -0.3 is 34.9 Å². The number of amides is 1. The number of ether oxygens (including phenoxy) is 3. The van der Waals surface area contributed by atoms with E-state index in [1.165, 1.54) is 25.3 Å². The lowest BCUT2D eigenvalue weighted by Crippen LogP contribution is -2.45. The Morgan fingerprint density at radius 3 is 2.52 bits per heavy atom. The zero-order chi connectivity index (χ0) is 29.6. The molecular formula is C26H33Cl2F2N5O5. The first-order valence-electron chi connectivity index (χ1n) is 12.6. The number of nitrogens with one attached hydrogen (secondary N) is 2. The largest absolute Gasteiger partial charge is 0.499 e. The van der Waals surface area contributed by atoms with E-state index >= 15 is 0 Å². The summed E-state index contributed by atoms with van der Waals surface area (Å²) in [5.74, 6) is -2.13. The van der Waals surface area contributed by atoms with Crippen molar-refractivity contribution in [3.05, 3.63) is 38.7 Å². The molecule has 3 aliphatic rings. The molecule has 1 amide bonds. The van der Waals surface area contributed by atoms with E-state index in [4.69, 9.17) is 37.4 Å². The van der Waals surface area contributed by atoms with Gasteiger partial charge in [-0.25, -0.2) is 18.6 Å². The lowest BCUT2D eigenvalue weighted by molar-refractivity contribution is 0.00562. The molecule has 2 heterocycles. The van der Waals surface area contributed by atoms with Crippen LogP contribution in [0.5, 0.6) is 0 Å². The first-order valence-corrected chi connectivity index (χ1v) is 13.4. The molecular weight excluding hydrogens is 571 g/mol. The van der Waals surface area contributed by atoms with Crippen molar-refractivity contribution in [3.8, 4) is 0 Å². The molecule has 4 unspecified atom stereocenters. The second-order valence-corrected chi connectivity index (χ2v) is 11.7. The predicted octanol–water partition coefficient (Wildman–Crippen LogP) is 4.74. The van der Waals surface area contributed by atoms with E-state index in [0.29, 0.717) is 39.7 Å². The van der Waals surface area contributed by atoms with Crippen LogP contribution in [-0.2, 0) is 14.2 Å². The maximum Gasteiger partial charge on any atom is 0.407 e. The lowest BCUT2D eigenvalue weighted by Gasteiger charge is -2.35. The van der Waals surface area contributed by atoms with Crippen molar-refractivity contribution in [2.45, 2.75) is 76.0 Å². The van der Waals surface area contributed by atoms with Crippen LogP contribution in [0.1, 0.15) is 45.6 Å². The molecule has 220 valence electrons. The first kappa shape index (κ1) is 30.3. The molecule has 0 bridgehead atoms. The Morgan fingerprint density at radius 1 is 1.23 bits per heavy atom. The summed E-state index contributed by atoms with van der Waals surface area (Å²) < 4.78 is 44.8. The minimum atomic E-state index is -3.00. The molecule has 1 aromatic heterocycles. The Balaban J connectivity index is 1.62. The number of rotatable bonds is 6. The number of aromatic nitrogens is 2. The van der Waals surface area contributed by atoms with Gasteiger partial charge in [-0.3, -0.25) is 0 Å². The summed E-state index contributed by atoms with van der Waals surface area (Å²) in [6.07, 6.45) is -0.104. The average molecular weight is 604 g/mol. The van der Waals surface area contributed by atoms with Gasteiger partial charge in [0.05, 0.1) is 29.3 Å². The van der Waals surface area contributed by atoms with Crippen LogP contribution in [0.4, 0.5) is 25.3 Å². The number of hydrogen-bond donors (Lipinski definition) is 3. The van der Waals surface area contributed by atoms with E-state index in [9.17, 15) is 18.7 Å². The minimum Gasteiger partial charge on any atom is -0.499 e. The number of hydrogen-bond acceptors (Lipinski definition) is 9. The second kappa shape index (κ2) is 11.3. The summed E-state index contributed by atoms with van der Waals surface area (Å²) in [6, 6.07) is -1.78. The minimum absolute atomic E-state index is 0.0577. The van der Waals surface area contributed by atoms with Gasteiger partial charge in [0.2, 0.25) is 5.95 Å². The highest BCUT2D eigenvalue weighted by molar-refractivity contribution is 6.37. The van der Waals surface area contributed by atoms with Crippen LogP contribution in [0.2, 0.25) is 0 Å². The molecule has 3 N–H and O–H groups in total. The number of alkyl carbamates (subject to hydrolysis) is 1. The summed E-state index contributed by atoms with van der Waals surface area (Å²) >= 11 is 13.2. The molecule has 1 saturated carbocycles. The highest BCUT2D eigenvalue weighted by Crippen LogP contribution is 2.44. The van der Waals surface area contributed by atoms with Crippen molar-refractivity contribution in [3.63, 3.8) is 0 Å². The van der Waals surface area contributed by atoms with E-state index in [1.807, 2.05) is 0 Å². The van der Waals surface area contributed by atoms with E-state index in [1.54, 1.807) is 33.9 Å². The van der Waals surface area contributed by atoms with Crippen molar-refractivity contribution in [1.82, 2.24) is 15.3 Å². The fourth-order valence-electron chi connectivity index (χ4n) is 4.92. The number of aliphatic hydroxyl groups excluding tert-OH is 1. The molecule has 4 atom stereocenters. The number of allylic oxidation sites excluding steroid dienone is 1. The van der Waals surface area contributed by atoms with E-state index in [2.05, 4.69) is 20.6 Å². The number of carbonyl (C=O) groups excluding carboxylic acids is 1. The Kier molecular flexibility index (Phi) is 8.56. The number of halogens is 4. The number of likely N-dealkylation sites (N-methyl/N-ethyl adjacent to an activating group) is 1. The third-order valence-corrected chi connectivity index (χ3v) is 7.63. The molecule has 0 spiro atoms. The summed E-state index contributed by atoms with van der Waals surface area (Å²) in [6.45, 7) is 5.06. The zero-order valence-corrected chi connectivity index (χ0v) is 24.5. The molecule has 10 nitrogen and oxygen atoms in total. The normalized spacial score (nSPS) is 26.4. The third-order valence-electron chi connectivity index (χ3n) is 6.80. The second-order valence-electron chi connectivity index (χ2n) is 10.9. The smallest absolute Gasteiger partial charge is 0.407 e. The van der Waals surface area contributed by atoms with Crippen molar-refractivity contribution in [2.75, 3.05) is 31.5 Å². The van der Waals surface area contributed by atoms with Crippen LogP contribution < -0.4 is 15.5 Å². The highest BCUT2D eigenvalue weighted by Gasteiger charge is 2.48. The lowest BCUT2D eigenvalue weighted by atomic mass is 9.91. The number of anilines is 2. The fourth-order valence-corrected chi connectivity index (χ4v) is 5.70. The van der Waals surface area contributed by atoms with Crippen molar-refractivity contribution < 1.29 is 32.9 Å². The molecule has 1 fully saturated rings. The number of fused-ring (bicyclic) bond motifs is 1. The fraction of sp³-hybridized carbons (Fsp3) is 0.577. The van der Waals surface area contributed by atoms with Gasteiger partial charge in [-0.05, 0) is 26.8 Å². The van der Waals surface area contributed by atoms with Gasteiger partial charge >= 0.3 is 6.09 Å². The summed E-state index contributed by atoms with van der Waals surface area (Å²) in [5.41, 5.74) is 0.534. The highest BCUT2D eigenvalue weighted by atomic mass is 35.5. The maximum absolute atomic E-state index is 14.3. The van der Waals surface area contributed by atoms with Crippen LogP contribution in [0.3, 0.4) is 0 Å². The van der Waals surface area contributed by atoms with Crippen molar-refractivity contribution in [1.29, 1.82) is 0 Å². The number of aliphatic hydroxyl groups is 1. The van der Waals surface area contributed by atoms with Crippen LogP contribution in [-0.4, -0.2) is 78.4 Å². The quantitative estimate of drug-likeness (QED) is 0.423. The van der Waals surface area contributed by atoms with Gasteiger partial charge in [0.25, 0.3) is 5.92 Å². The SMILES string of the molecule is COC1=C(Cl)C(C2=Cc3cnc(NC4CC(F)(F)CC4NC(=O)OC(C)(C)C)nc3N(C)C2O)=C(Cl)C(OC)C1. The Morgan fingerprint density at radius 2 is 1.90 bits per heavy atom. The van der Waals surface area contributed by atoms with Gasteiger partial charge in [0.1, 0.15) is 23.3 Å². The molecule has 0 aromatic carbocycles. The zero-order valence-electron chi connectivity index (χ0n) is 23.0. The monoisotopic (exact) mass is 603 g/mol. The number of methoxy groups -OCH3 is 2. The van der Waals surface area contributed by atoms with Crippen LogP contribution in [0, 0.1) is 0 Å². The van der Waals surface area contributed by atoms with Crippen molar-refractivity contribution >= 4 is 47.1 Å². The van der Waals surface area contributed by atoms with E-state index in [0.717, 1.165) is 0 Å².